The number of halogens is 3. The van der Waals surface area contributed by atoms with Crippen LogP contribution in [0.25, 0.3) is 0 Å². The molecule has 0 aromatic heterocycles. The Labute approximate surface area is 120 Å². The molecule has 0 aliphatic heterocycles. The first-order valence-corrected chi connectivity index (χ1v) is 7.31. The van der Waals surface area contributed by atoms with Crippen molar-refractivity contribution in [1.82, 2.24) is 0 Å². The van der Waals surface area contributed by atoms with Gasteiger partial charge in [-0.2, -0.15) is 0 Å². The highest BCUT2D eigenvalue weighted by atomic mass is 79.9. The zero-order valence-electron chi connectivity index (χ0n) is 11.1. The normalized spacial score (nSPS) is 22.3. The van der Waals surface area contributed by atoms with Crippen molar-refractivity contribution in [2.24, 2.45) is 11.3 Å². The first-order chi connectivity index (χ1) is 8.84. The van der Waals surface area contributed by atoms with Crippen molar-refractivity contribution in [1.29, 1.82) is 0 Å². The minimum atomic E-state index is -0.786. The van der Waals surface area contributed by atoms with Gasteiger partial charge in [-0.1, -0.05) is 26.7 Å². The molecule has 1 unspecified atom stereocenters. The van der Waals surface area contributed by atoms with Gasteiger partial charge in [-0.15, -0.1) is 0 Å². The van der Waals surface area contributed by atoms with E-state index in [4.69, 9.17) is 0 Å². The standard InChI is InChI=1S/C15H17BrF2O/c1-15(2)8-4-3-5-9(15)14(19)12-11(17)7-6-10(16)13(12)18/h6-7,9H,3-5,8H2,1-2H3. The molecule has 1 saturated carbocycles. The van der Waals surface area contributed by atoms with Crippen LogP contribution in [-0.4, -0.2) is 5.78 Å². The Bertz CT molecular complexity index is 511. The van der Waals surface area contributed by atoms with Crippen LogP contribution in [0.2, 0.25) is 0 Å². The van der Waals surface area contributed by atoms with Crippen LogP contribution in [0.3, 0.4) is 0 Å². The van der Waals surface area contributed by atoms with Crippen LogP contribution >= 0.6 is 15.9 Å². The molecule has 1 atom stereocenters. The van der Waals surface area contributed by atoms with E-state index in [1.165, 1.54) is 6.07 Å². The smallest absolute Gasteiger partial charge is 0.172 e. The molecular formula is C15H17BrF2O. The Hall–Kier alpha value is -0.770. The van der Waals surface area contributed by atoms with Gasteiger partial charge in [-0.05, 0) is 46.3 Å². The molecule has 0 spiro atoms. The lowest BCUT2D eigenvalue weighted by molar-refractivity contribution is 0.0688. The number of hydrogen-bond acceptors (Lipinski definition) is 1. The summed E-state index contributed by atoms with van der Waals surface area (Å²) in [6.45, 7) is 4.01. The molecular weight excluding hydrogens is 314 g/mol. The van der Waals surface area contributed by atoms with E-state index < -0.39 is 23.0 Å². The summed E-state index contributed by atoms with van der Waals surface area (Å²) in [6.07, 6.45) is 3.63. The minimum Gasteiger partial charge on any atom is -0.294 e. The summed E-state index contributed by atoms with van der Waals surface area (Å²) in [7, 11) is 0. The van der Waals surface area contributed by atoms with Crippen LogP contribution in [0.15, 0.2) is 16.6 Å². The van der Waals surface area contributed by atoms with Gasteiger partial charge in [0.1, 0.15) is 5.82 Å². The third-order valence-electron chi connectivity index (χ3n) is 4.11. The van der Waals surface area contributed by atoms with Gasteiger partial charge in [-0.3, -0.25) is 4.79 Å². The number of ketones is 1. The van der Waals surface area contributed by atoms with Crippen molar-refractivity contribution >= 4 is 21.7 Å². The van der Waals surface area contributed by atoms with Crippen LogP contribution in [0, 0.1) is 23.0 Å². The van der Waals surface area contributed by atoms with Gasteiger partial charge in [0.05, 0.1) is 10.0 Å². The van der Waals surface area contributed by atoms with Crippen molar-refractivity contribution in [2.75, 3.05) is 0 Å². The first-order valence-electron chi connectivity index (χ1n) is 6.52. The average molecular weight is 331 g/mol. The van der Waals surface area contributed by atoms with Gasteiger partial charge in [0, 0.05) is 5.92 Å². The minimum absolute atomic E-state index is 0.130. The van der Waals surface area contributed by atoms with Crippen molar-refractivity contribution in [3.63, 3.8) is 0 Å². The van der Waals surface area contributed by atoms with Crippen molar-refractivity contribution in [2.45, 2.75) is 39.5 Å². The van der Waals surface area contributed by atoms with Gasteiger partial charge < -0.3 is 0 Å². The fraction of sp³-hybridized carbons (Fsp3) is 0.533. The highest BCUT2D eigenvalue weighted by molar-refractivity contribution is 9.10. The van der Waals surface area contributed by atoms with Crippen LogP contribution in [0.1, 0.15) is 49.9 Å². The summed E-state index contributed by atoms with van der Waals surface area (Å²) < 4.78 is 27.9. The highest BCUT2D eigenvalue weighted by Crippen LogP contribution is 2.43. The average Bonchev–Trinajstić information content (AvgIpc) is 2.33. The third kappa shape index (κ3) is 2.73. The van der Waals surface area contributed by atoms with E-state index >= 15 is 0 Å². The summed E-state index contributed by atoms with van der Waals surface area (Å²) in [5.74, 6) is -2.26. The van der Waals surface area contributed by atoms with E-state index in [0.29, 0.717) is 6.42 Å². The van der Waals surface area contributed by atoms with Gasteiger partial charge in [-0.25, -0.2) is 8.78 Å². The number of rotatable bonds is 2. The maximum Gasteiger partial charge on any atom is 0.172 e. The van der Waals surface area contributed by atoms with Crippen LogP contribution in [0.4, 0.5) is 8.78 Å². The molecule has 0 radical (unpaired) electrons. The molecule has 1 fully saturated rings. The zero-order valence-corrected chi connectivity index (χ0v) is 12.7. The summed E-state index contributed by atoms with van der Waals surface area (Å²) in [6, 6.07) is 2.42. The molecule has 1 aromatic rings. The number of carbonyl (C=O) groups excluding carboxylic acids is 1. The Morgan fingerprint density at radius 2 is 2.00 bits per heavy atom. The van der Waals surface area contributed by atoms with Crippen LogP contribution < -0.4 is 0 Å². The Morgan fingerprint density at radius 1 is 1.32 bits per heavy atom. The molecule has 4 heteroatoms. The van der Waals surface area contributed by atoms with Crippen molar-refractivity contribution in [3.8, 4) is 0 Å². The van der Waals surface area contributed by atoms with E-state index in [-0.39, 0.29) is 15.8 Å². The second-order valence-electron chi connectivity index (χ2n) is 5.87. The van der Waals surface area contributed by atoms with E-state index in [1.54, 1.807) is 0 Å². The first kappa shape index (κ1) is 14.6. The lowest BCUT2D eigenvalue weighted by Gasteiger charge is -2.37. The molecule has 0 bridgehead atoms. The lowest BCUT2D eigenvalue weighted by atomic mass is 9.66. The summed E-state index contributed by atoms with van der Waals surface area (Å²) in [5.41, 5.74) is -0.592. The largest absolute Gasteiger partial charge is 0.294 e. The molecule has 1 aromatic carbocycles. The predicted octanol–water partition coefficient (Wildman–Crippen LogP) is 5.13. The molecule has 104 valence electrons. The number of Topliss-reactive ketones (excluding diaryl/α,β-unsaturated/α-hetero) is 1. The van der Waals surface area contributed by atoms with E-state index in [2.05, 4.69) is 15.9 Å². The molecule has 1 aliphatic rings. The summed E-state index contributed by atoms with van der Waals surface area (Å²) in [5, 5.41) is 0. The SMILES string of the molecule is CC1(C)CCCCC1C(=O)c1c(F)ccc(Br)c1F. The quantitative estimate of drug-likeness (QED) is 0.543. The maximum absolute atomic E-state index is 14.0. The molecule has 2 rings (SSSR count). The fourth-order valence-corrected chi connectivity index (χ4v) is 3.24. The van der Waals surface area contributed by atoms with Crippen molar-refractivity contribution < 1.29 is 13.6 Å². The molecule has 1 aliphatic carbocycles. The van der Waals surface area contributed by atoms with Gasteiger partial charge in [0.25, 0.3) is 0 Å². The Balaban J connectivity index is 2.42. The summed E-state index contributed by atoms with van der Waals surface area (Å²) >= 11 is 3.01. The fourth-order valence-electron chi connectivity index (χ4n) is 2.91. The molecule has 0 saturated heterocycles. The van der Waals surface area contributed by atoms with Gasteiger partial charge in [0.2, 0.25) is 0 Å². The maximum atomic E-state index is 14.0. The van der Waals surface area contributed by atoms with E-state index in [9.17, 15) is 13.6 Å². The van der Waals surface area contributed by atoms with Gasteiger partial charge >= 0.3 is 0 Å². The second kappa shape index (κ2) is 5.31. The number of benzene rings is 1. The predicted molar refractivity (Wildman–Crippen MR) is 74.1 cm³/mol. The molecule has 0 N–H and O–H groups in total. The van der Waals surface area contributed by atoms with Crippen LogP contribution in [-0.2, 0) is 0 Å². The van der Waals surface area contributed by atoms with E-state index in [0.717, 1.165) is 25.3 Å². The zero-order chi connectivity index (χ0) is 14.2. The molecule has 0 amide bonds. The van der Waals surface area contributed by atoms with Crippen molar-refractivity contribution in [3.05, 3.63) is 33.8 Å². The summed E-state index contributed by atoms with van der Waals surface area (Å²) in [4.78, 5) is 12.5. The molecule has 19 heavy (non-hydrogen) atoms. The molecule has 1 nitrogen and oxygen atoms in total. The number of carbonyl (C=O) groups is 1. The topological polar surface area (TPSA) is 17.1 Å². The van der Waals surface area contributed by atoms with Crippen LogP contribution in [0.5, 0.6) is 0 Å². The second-order valence-corrected chi connectivity index (χ2v) is 6.72. The lowest BCUT2D eigenvalue weighted by Crippen LogP contribution is -2.35. The highest BCUT2D eigenvalue weighted by Gasteiger charge is 2.39. The van der Waals surface area contributed by atoms with Gasteiger partial charge in [0.15, 0.2) is 11.6 Å². The Morgan fingerprint density at radius 3 is 2.63 bits per heavy atom. The number of hydrogen-bond donors (Lipinski definition) is 0. The molecule has 0 heterocycles. The monoisotopic (exact) mass is 330 g/mol. The Kier molecular flexibility index (Phi) is 4.09. The van der Waals surface area contributed by atoms with E-state index in [1.807, 2.05) is 13.8 Å². The third-order valence-corrected chi connectivity index (χ3v) is 4.73.